The van der Waals surface area contributed by atoms with E-state index in [0.29, 0.717) is 6.04 Å². The molecule has 0 spiro atoms. The number of nitrogens with one attached hydrogen (secondary N) is 1. The normalized spacial score (nSPS) is 17.5. The number of hydrogen-bond donors (Lipinski definition) is 1. The second kappa shape index (κ2) is 8.22. The van der Waals surface area contributed by atoms with Crippen molar-refractivity contribution in [3.63, 3.8) is 0 Å². The van der Waals surface area contributed by atoms with E-state index in [1.807, 2.05) is 18.2 Å². The van der Waals surface area contributed by atoms with E-state index >= 15 is 0 Å². The largest absolute Gasteiger partial charge is 0.497 e. The number of methoxy groups -OCH3 is 2. The van der Waals surface area contributed by atoms with Gasteiger partial charge in [-0.05, 0) is 24.6 Å². The second-order valence-electron chi connectivity index (χ2n) is 5.42. The standard InChI is InChI=1S/C16H26N2O3/c1-13(12-18-4-6-21-7-5-18)17-11-14-8-15(19-2)10-16(9-14)20-3/h8-10,13,17H,4-7,11-12H2,1-3H3. The lowest BCUT2D eigenvalue weighted by Gasteiger charge is -2.29. The predicted octanol–water partition coefficient (Wildman–Crippen LogP) is 1.51. The molecule has 21 heavy (non-hydrogen) atoms. The Balaban J connectivity index is 1.83. The summed E-state index contributed by atoms with van der Waals surface area (Å²) >= 11 is 0. The van der Waals surface area contributed by atoms with E-state index < -0.39 is 0 Å². The molecule has 1 heterocycles. The van der Waals surface area contributed by atoms with Gasteiger partial charge in [-0.15, -0.1) is 0 Å². The number of ether oxygens (including phenoxy) is 3. The van der Waals surface area contributed by atoms with Gasteiger partial charge in [0.1, 0.15) is 11.5 Å². The van der Waals surface area contributed by atoms with E-state index in [1.165, 1.54) is 5.56 Å². The van der Waals surface area contributed by atoms with Gasteiger partial charge in [0, 0.05) is 38.3 Å². The molecule has 0 amide bonds. The van der Waals surface area contributed by atoms with Gasteiger partial charge in [0.05, 0.1) is 27.4 Å². The summed E-state index contributed by atoms with van der Waals surface area (Å²) in [7, 11) is 3.35. The first-order chi connectivity index (χ1) is 10.2. The average Bonchev–Trinajstić information content (AvgIpc) is 2.53. The maximum absolute atomic E-state index is 5.37. The fourth-order valence-electron chi connectivity index (χ4n) is 2.50. The molecule has 1 aliphatic heterocycles. The highest BCUT2D eigenvalue weighted by atomic mass is 16.5. The van der Waals surface area contributed by atoms with Gasteiger partial charge in [-0.25, -0.2) is 0 Å². The maximum Gasteiger partial charge on any atom is 0.122 e. The SMILES string of the molecule is COc1cc(CNC(C)CN2CCOCC2)cc(OC)c1. The van der Waals surface area contributed by atoms with Crippen LogP contribution in [0.3, 0.4) is 0 Å². The van der Waals surface area contributed by atoms with Crippen LogP contribution in [0.25, 0.3) is 0 Å². The Labute approximate surface area is 127 Å². The minimum Gasteiger partial charge on any atom is -0.497 e. The van der Waals surface area contributed by atoms with E-state index in [9.17, 15) is 0 Å². The van der Waals surface area contributed by atoms with Crippen molar-refractivity contribution in [1.82, 2.24) is 10.2 Å². The number of benzene rings is 1. The van der Waals surface area contributed by atoms with E-state index in [0.717, 1.165) is 50.9 Å². The molecule has 1 atom stereocenters. The monoisotopic (exact) mass is 294 g/mol. The van der Waals surface area contributed by atoms with E-state index in [4.69, 9.17) is 14.2 Å². The van der Waals surface area contributed by atoms with E-state index in [-0.39, 0.29) is 0 Å². The summed E-state index contributed by atoms with van der Waals surface area (Å²) in [4.78, 5) is 2.44. The van der Waals surface area contributed by atoms with Gasteiger partial charge in [0.15, 0.2) is 0 Å². The lowest BCUT2D eigenvalue weighted by Crippen LogP contribution is -2.44. The highest BCUT2D eigenvalue weighted by molar-refractivity contribution is 5.38. The fourth-order valence-corrected chi connectivity index (χ4v) is 2.50. The molecule has 0 radical (unpaired) electrons. The number of morpholine rings is 1. The quantitative estimate of drug-likeness (QED) is 0.826. The van der Waals surface area contributed by atoms with Gasteiger partial charge < -0.3 is 19.5 Å². The molecule has 1 aliphatic rings. The summed E-state index contributed by atoms with van der Waals surface area (Å²) < 4.78 is 16.0. The molecule has 1 aromatic carbocycles. The summed E-state index contributed by atoms with van der Waals surface area (Å²) in [5, 5.41) is 3.56. The molecular formula is C16H26N2O3. The van der Waals surface area contributed by atoms with E-state index in [2.05, 4.69) is 17.1 Å². The zero-order valence-corrected chi connectivity index (χ0v) is 13.2. The van der Waals surface area contributed by atoms with Crippen LogP contribution in [0.4, 0.5) is 0 Å². The Morgan fingerprint density at radius 3 is 2.33 bits per heavy atom. The van der Waals surface area contributed by atoms with Crippen molar-refractivity contribution in [2.75, 3.05) is 47.1 Å². The molecule has 1 unspecified atom stereocenters. The zero-order chi connectivity index (χ0) is 15.1. The summed E-state index contributed by atoms with van der Waals surface area (Å²) in [6.45, 7) is 7.81. The van der Waals surface area contributed by atoms with Gasteiger partial charge >= 0.3 is 0 Å². The summed E-state index contributed by atoms with van der Waals surface area (Å²) in [5.74, 6) is 1.65. The van der Waals surface area contributed by atoms with Gasteiger partial charge in [-0.3, -0.25) is 4.90 Å². The molecule has 0 bridgehead atoms. The summed E-state index contributed by atoms with van der Waals surface area (Å²) in [6, 6.07) is 6.40. The number of hydrogen-bond acceptors (Lipinski definition) is 5. The molecule has 1 saturated heterocycles. The van der Waals surface area contributed by atoms with Crippen LogP contribution in [0.2, 0.25) is 0 Å². The van der Waals surface area contributed by atoms with Crippen LogP contribution in [-0.4, -0.2) is 58.0 Å². The highest BCUT2D eigenvalue weighted by Gasteiger charge is 2.13. The molecule has 0 saturated carbocycles. The molecule has 1 fully saturated rings. The first-order valence-corrected chi connectivity index (χ1v) is 7.46. The fraction of sp³-hybridized carbons (Fsp3) is 0.625. The van der Waals surface area contributed by atoms with Crippen molar-refractivity contribution in [2.45, 2.75) is 19.5 Å². The Morgan fingerprint density at radius 1 is 1.14 bits per heavy atom. The van der Waals surface area contributed by atoms with Crippen LogP contribution in [0.5, 0.6) is 11.5 Å². The molecule has 5 heteroatoms. The Morgan fingerprint density at radius 2 is 1.76 bits per heavy atom. The molecule has 118 valence electrons. The van der Waals surface area contributed by atoms with Crippen molar-refractivity contribution in [3.8, 4) is 11.5 Å². The van der Waals surface area contributed by atoms with Crippen molar-refractivity contribution in [1.29, 1.82) is 0 Å². The van der Waals surface area contributed by atoms with Crippen molar-refractivity contribution in [3.05, 3.63) is 23.8 Å². The van der Waals surface area contributed by atoms with Crippen LogP contribution >= 0.6 is 0 Å². The maximum atomic E-state index is 5.37. The van der Waals surface area contributed by atoms with Gasteiger partial charge in [-0.2, -0.15) is 0 Å². The zero-order valence-electron chi connectivity index (χ0n) is 13.2. The first-order valence-electron chi connectivity index (χ1n) is 7.46. The van der Waals surface area contributed by atoms with Crippen LogP contribution in [0.15, 0.2) is 18.2 Å². The van der Waals surface area contributed by atoms with Crippen LogP contribution in [-0.2, 0) is 11.3 Å². The third-order valence-corrected chi connectivity index (χ3v) is 3.70. The lowest BCUT2D eigenvalue weighted by atomic mass is 10.2. The third kappa shape index (κ3) is 5.19. The molecular weight excluding hydrogens is 268 g/mol. The van der Waals surface area contributed by atoms with Crippen molar-refractivity contribution in [2.24, 2.45) is 0 Å². The average molecular weight is 294 g/mol. The molecule has 0 aliphatic carbocycles. The van der Waals surface area contributed by atoms with Crippen LogP contribution in [0.1, 0.15) is 12.5 Å². The van der Waals surface area contributed by atoms with Crippen molar-refractivity contribution >= 4 is 0 Å². The summed E-state index contributed by atoms with van der Waals surface area (Å²) in [5.41, 5.74) is 1.17. The van der Waals surface area contributed by atoms with Crippen molar-refractivity contribution < 1.29 is 14.2 Å². The first kappa shape index (κ1) is 16.1. The Bertz CT molecular complexity index is 411. The topological polar surface area (TPSA) is 43.0 Å². The number of nitrogens with zero attached hydrogens (tertiary/aromatic N) is 1. The van der Waals surface area contributed by atoms with E-state index in [1.54, 1.807) is 14.2 Å². The molecule has 2 rings (SSSR count). The molecule has 1 N–H and O–H groups in total. The van der Waals surface area contributed by atoms with Crippen LogP contribution < -0.4 is 14.8 Å². The molecule has 1 aromatic rings. The minimum atomic E-state index is 0.431. The van der Waals surface area contributed by atoms with Gasteiger partial charge in [-0.1, -0.05) is 0 Å². The molecule has 5 nitrogen and oxygen atoms in total. The van der Waals surface area contributed by atoms with Gasteiger partial charge in [0.25, 0.3) is 0 Å². The predicted molar refractivity (Wildman–Crippen MR) is 83.1 cm³/mol. The molecule has 0 aromatic heterocycles. The number of rotatable bonds is 7. The lowest BCUT2D eigenvalue weighted by molar-refractivity contribution is 0.0343. The highest BCUT2D eigenvalue weighted by Crippen LogP contribution is 2.22. The Hall–Kier alpha value is -1.30. The second-order valence-corrected chi connectivity index (χ2v) is 5.42. The van der Waals surface area contributed by atoms with Crippen LogP contribution in [0, 0.1) is 0 Å². The van der Waals surface area contributed by atoms with Gasteiger partial charge in [0.2, 0.25) is 0 Å². The minimum absolute atomic E-state index is 0.431. The smallest absolute Gasteiger partial charge is 0.122 e. The summed E-state index contributed by atoms with van der Waals surface area (Å²) in [6.07, 6.45) is 0. The Kier molecular flexibility index (Phi) is 6.29. The third-order valence-electron chi connectivity index (χ3n) is 3.70.